The van der Waals surface area contributed by atoms with Gasteiger partial charge in [0.15, 0.2) is 0 Å². The number of nitrogens with one attached hydrogen (secondary N) is 2. The molecule has 118 valence electrons. The highest BCUT2D eigenvalue weighted by atomic mass is 16.6. The molecule has 21 heavy (non-hydrogen) atoms. The van der Waals surface area contributed by atoms with Gasteiger partial charge in [-0.2, -0.15) is 0 Å². The van der Waals surface area contributed by atoms with Crippen molar-refractivity contribution < 1.29 is 9.53 Å². The van der Waals surface area contributed by atoms with Crippen LogP contribution in [0.3, 0.4) is 0 Å². The van der Waals surface area contributed by atoms with E-state index in [1.54, 1.807) is 6.33 Å². The van der Waals surface area contributed by atoms with E-state index < -0.39 is 5.60 Å². The summed E-state index contributed by atoms with van der Waals surface area (Å²) in [5.41, 5.74) is 0.669. The number of alkyl carbamates (subject to hydrolysis) is 1. The van der Waals surface area contributed by atoms with Crippen molar-refractivity contribution in [2.75, 3.05) is 6.54 Å². The van der Waals surface area contributed by atoms with Crippen LogP contribution in [-0.4, -0.2) is 33.8 Å². The summed E-state index contributed by atoms with van der Waals surface area (Å²) in [5, 5.41) is 6.37. The molecule has 2 rings (SSSR count). The zero-order valence-electron chi connectivity index (χ0n) is 13.3. The van der Waals surface area contributed by atoms with Crippen LogP contribution in [0.5, 0.6) is 0 Å². The Hall–Kier alpha value is -1.56. The van der Waals surface area contributed by atoms with Crippen LogP contribution >= 0.6 is 0 Å². The molecule has 0 radical (unpaired) electrons. The van der Waals surface area contributed by atoms with E-state index in [0.717, 1.165) is 18.8 Å². The average molecular weight is 294 g/mol. The molecule has 6 nitrogen and oxygen atoms in total. The molecule has 0 bridgehead atoms. The van der Waals surface area contributed by atoms with Crippen LogP contribution in [0, 0.1) is 5.92 Å². The first-order valence-electron chi connectivity index (χ1n) is 7.50. The zero-order valence-corrected chi connectivity index (χ0v) is 13.3. The molecule has 1 saturated carbocycles. The Morgan fingerprint density at radius 2 is 2.24 bits per heavy atom. The second-order valence-corrected chi connectivity index (χ2v) is 6.72. The highest BCUT2D eigenvalue weighted by Crippen LogP contribution is 2.32. The maximum absolute atomic E-state index is 11.9. The largest absolute Gasteiger partial charge is 0.444 e. The lowest BCUT2D eigenvalue weighted by atomic mass is 10.2. The summed E-state index contributed by atoms with van der Waals surface area (Å²) in [6, 6.07) is 0.132. The number of ether oxygens (including phenoxy) is 1. The van der Waals surface area contributed by atoms with E-state index in [9.17, 15) is 4.79 Å². The van der Waals surface area contributed by atoms with Crippen molar-refractivity contribution in [1.82, 2.24) is 20.2 Å². The highest BCUT2D eigenvalue weighted by Gasteiger charge is 2.33. The van der Waals surface area contributed by atoms with Crippen LogP contribution < -0.4 is 10.6 Å². The Bertz CT molecular complexity index is 474. The van der Waals surface area contributed by atoms with Gasteiger partial charge in [-0.1, -0.05) is 0 Å². The predicted molar refractivity (Wildman–Crippen MR) is 80.8 cm³/mol. The fraction of sp³-hybridized carbons (Fsp3) is 0.733. The lowest BCUT2D eigenvalue weighted by Crippen LogP contribution is -2.45. The summed E-state index contributed by atoms with van der Waals surface area (Å²) in [7, 11) is 1.97. The molecule has 1 aromatic heterocycles. The average Bonchev–Trinajstić information content (AvgIpc) is 3.11. The van der Waals surface area contributed by atoms with Gasteiger partial charge >= 0.3 is 6.09 Å². The van der Waals surface area contributed by atoms with E-state index >= 15 is 0 Å². The standard InChI is InChI=1S/C15H26N4O2/c1-15(2,3)21-14(20)18-13(11-5-6-11)9-16-7-12-8-17-10-19(12)4/h8,10-11,13,16H,5-7,9H2,1-4H3,(H,18,20). The number of amides is 1. The quantitative estimate of drug-likeness (QED) is 0.839. The fourth-order valence-corrected chi connectivity index (χ4v) is 2.20. The number of aromatic nitrogens is 2. The van der Waals surface area contributed by atoms with Crippen molar-refractivity contribution in [3.63, 3.8) is 0 Å². The Balaban J connectivity index is 1.77. The summed E-state index contributed by atoms with van der Waals surface area (Å²) in [4.78, 5) is 16.0. The molecule has 1 amide bonds. The highest BCUT2D eigenvalue weighted by molar-refractivity contribution is 5.68. The van der Waals surface area contributed by atoms with E-state index in [4.69, 9.17) is 4.74 Å². The van der Waals surface area contributed by atoms with Crippen LogP contribution in [0.4, 0.5) is 4.79 Å². The van der Waals surface area contributed by atoms with Crippen LogP contribution in [-0.2, 0) is 18.3 Å². The second kappa shape index (κ2) is 6.47. The van der Waals surface area contributed by atoms with Crippen LogP contribution in [0.1, 0.15) is 39.3 Å². The van der Waals surface area contributed by atoms with Gasteiger partial charge < -0.3 is 19.9 Å². The molecule has 1 aliphatic carbocycles. The first-order chi connectivity index (χ1) is 9.85. The normalized spacial score (nSPS) is 16.6. The van der Waals surface area contributed by atoms with E-state index in [2.05, 4.69) is 15.6 Å². The van der Waals surface area contributed by atoms with Gasteiger partial charge in [-0.15, -0.1) is 0 Å². The summed E-state index contributed by atoms with van der Waals surface area (Å²) in [6.07, 6.45) is 5.65. The van der Waals surface area contributed by atoms with Gasteiger partial charge in [0.1, 0.15) is 5.60 Å². The summed E-state index contributed by atoms with van der Waals surface area (Å²) in [6.45, 7) is 7.11. The smallest absolute Gasteiger partial charge is 0.407 e. The second-order valence-electron chi connectivity index (χ2n) is 6.72. The molecule has 1 heterocycles. The predicted octanol–water partition coefficient (Wildman–Crippen LogP) is 1.81. The molecule has 1 aliphatic rings. The third-order valence-electron chi connectivity index (χ3n) is 3.48. The Labute approximate surface area is 126 Å². The van der Waals surface area contributed by atoms with Crippen molar-refractivity contribution in [3.05, 3.63) is 18.2 Å². The van der Waals surface area contributed by atoms with Gasteiger partial charge in [0.25, 0.3) is 0 Å². The first kappa shape index (κ1) is 15.8. The molecule has 2 N–H and O–H groups in total. The third kappa shape index (κ3) is 5.38. The molecular weight excluding hydrogens is 268 g/mol. The Morgan fingerprint density at radius 1 is 1.52 bits per heavy atom. The molecule has 1 fully saturated rings. The van der Waals surface area contributed by atoms with E-state index in [0.29, 0.717) is 5.92 Å². The number of imidazole rings is 1. The van der Waals surface area contributed by atoms with Gasteiger partial charge in [-0.3, -0.25) is 0 Å². The monoisotopic (exact) mass is 294 g/mol. The number of carbonyl (C=O) groups excluding carboxylic acids is 1. The number of nitrogens with zero attached hydrogens (tertiary/aromatic N) is 2. The molecule has 1 unspecified atom stereocenters. The molecule has 0 saturated heterocycles. The van der Waals surface area contributed by atoms with Gasteiger partial charge in [0.05, 0.1) is 12.0 Å². The number of rotatable bonds is 6. The topological polar surface area (TPSA) is 68.2 Å². The first-order valence-corrected chi connectivity index (χ1v) is 7.50. The number of carbonyl (C=O) groups is 1. The number of hydrogen-bond acceptors (Lipinski definition) is 4. The molecule has 6 heteroatoms. The lowest BCUT2D eigenvalue weighted by molar-refractivity contribution is 0.0497. The number of hydrogen-bond donors (Lipinski definition) is 2. The van der Waals surface area contributed by atoms with Crippen LogP contribution in [0.2, 0.25) is 0 Å². The minimum absolute atomic E-state index is 0.132. The summed E-state index contributed by atoms with van der Waals surface area (Å²) in [5.74, 6) is 0.566. The van der Waals surface area contributed by atoms with Crippen LogP contribution in [0.15, 0.2) is 12.5 Å². The zero-order chi connectivity index (χ0) is 15.5. The lowest BCUT2D eigenvalue weighted by Gasteiger charge is -2.24. The SMILES string of the molecule is Cn1cncc1CNCC(NC(=O)OC(C)(C)C)C1CC1. The molecular formula is C15H26N4O2. The Kier molecular flexibility index (Phi) is 4.88. The molecule has 1 aromatic rings. The number of aryl methyl sites for hydroxylation is 1. The minimum atomic E-state index is -0.458. The van der Waals surface area contributed by atoms with E-state index in [1.807, 2.05) is 38.6 Å². The fourth-order valence-electron chi connectivity index (χ4n) is 2.20. The van der Waals surface area contributed by atoms with Crippen molar-refractivity contribution in [3.8, 4) is 0 Å². The summed E-state index contributed by atoms with van der Waals surface area (Å²) >= 11 is 0. The minimum Gasteiger partial charge on any atom is -0.444 e. The summed E-state index contributed by atoms with van der Waals surface area (Å²) < 4.78 is 7.31. The van der Waals surface area contributed by atoms with Crippen molar-refractivity contribution in [1.29, 1.82) is 0 Å². The van der Waals surface area contributed by atoms with Crippen molar-refractivity contribution in [2.24, 2.45) is 13.0 Å². The van der Waals surface area contributed by atoms with Gasteiger partial charge in [-0.25, -0.2) is 9.78 Å². The van der Waals surface area contributed by atoms with Gasteiger partial charge in [0, 0.05) is 32.4 Å². The molecule has 0 spiro atoms. The van der Waals surface area contributed by atoms with E-state index in [-0.39, 0.29) is 12.1 Å². The van der Waals surface area contributed by atoms with Crippen molar-refractivity contribution >= 4 is 6.09 Å². The maximum atomic E-state index is 11.9. The maximum Gasteiger partial charge on any atom is 0.407 e. The van der Waals surface area contributed by atoms with Gasteiger partial charge in [0.2, 0.25) is 0 Å². The molecule has 1 atom stereocenters. The molecule has 0 aliphatic heterocycles. The van der Waals surface area contributed by atoms with Crippen molar-refractivity contribution in [2.45, 2.75) is 51.8 Å². The van der Waals surface area contributed by atoms with Crippen LogP contribution in [0.25, 0.3) is 0 Å². The third-order valence-corrected chi connectivity index (χ3v) is 3.48. The van der Waals surface area contributed by atoms with E-state index in [1.165, 1.54) is 12.8 Å². The molecule has 0 aromatic carbocycles. The Morgan fingerprint density at radius 3 is 2.76 bits per heavy atom. The van der Waals surface area contributed by atoms with Gasteiger partial charge in [-0.05, 0) is 39.5 Å².